The first kappa shape index (κ1) is 14.0. The van der Waals surface area contributed by atoms with Gasteiger partial charge >= 0.3 is 5.97 Å². The molecule has 0 aliphatic carbocycles. The minimum Gasteiger partial charge on any atom is -0.475 e. The normalized spacial score (nSPS) is 11.5. The summed E-state index contributed by atoms with van der Waals surface area (Å²) in [6.07, 6.45) is 0. The van der Waals surface area contributed by atoms with E-state index in [9.17, 15) is 13.2 Å². The van der Waals surface area contributed by atoms with Crippen LogP contribution in [0.3, 0.4) is 0 Å². The van der Waals surface area contributed by atoms with E-state index in [-0.39, 0.29) is 14.7 Å². The van der Waals surface area contributed by atoms with Gasteiger partial charge in [-0.05, 0) is 22.9 Å². The van der Waals surface area contributed by atoms with Crippen molar-refractivity contribution in [2.45, 2.75) is 11.8 Å². The third-order valence-electron chi connectivity index (χ3n) is 1.91. The van der Waals surface area contributed by atoms with Crippen molar-refractivity contribution in [2.24, 2.45) is 0 Å². The Labute approximate surface area is 119 Å². The molecule has 11 heteroatoms. The highest BCUT2D eigenvalue weighted by Gasteiger charge is 2.25. The maximum atomic E-state index is 12.0. The molecular weight excluding hydrogens is 362 g/mol. The number of carbonyl (C=O) groups is 1. The first-order valence-electron chi connectivity index (χ1n) is 4.65. The van der Waals surface area contributed by atoms with E-state index in [1.165, 1.54) is 0 Å². The van der Waals surface area contributed by atoms with Gasteiger partial charge in [-0.2, -0.15) is 4.37 Å². The number of hydrogen-bond donors (Lipinski definition) is 2. The lowest BCUT2D eigenvalue weighted by molar-refractivity contribution is 0.0661. The van der Waals surface area contributed by atoms with Gasteiger partial charge in [-0.1, -0.05) is 0 Å². The highest BCUT2D eigenvalue weighted by atomic mass is 79.9. The minimum absolute atomic E-state index is 0.0856. The van der Waals surface area contributed by atoms with Crippen LogP contribution < -0.4 is 4.72 Å². The Bertz CT molecular complexity index is 735. The fraction of sp³-hybridized carbons (Fsp3) is 0.125. The summed E-state index contributed by atoms with van der Waals surface area (Å²) in [5, 5.41) is 8.82. The molecule has 0 aliphatic rings. The highest BCUT2D eigenvalue weighted by molar-refractivity contribution is 9.10. The van der Waals surface area contributed by atoms with Gasteiger partial charge in [0.05, 0.1) is 0 Å². The Morgan fingerprint density at radius 3 is 2.74 bits per heavy atom. The van der Waals surface area contributed by atoms with Crippen molar-refractivity contribution in [3.8, 4) is 0 Å². The first-order chi connectivity index (χ1) is 8.79. The van der Waals surface area contributed by atoms with Gasteiger partial charge in [0.25, 0.3) is 10.0 Å². The van der Waals surface area contributed by atoms with Crippen molar-refractivity contribution in [1.29, 1.82) is 0 Å². The SMILES string of the molecule is Cc1nsc(NS(=O)(=O)c2cc(C(=O)O)oc2Br)n1. The molecule has 0 aliphatic heterocycles. The van der Waals surface area contributed by atoms with E-state index in [1.54, 1.807) is 6.92 Å². The lowest BCUT2D eigenvalue weighted by Gasteiger charge is -2.01. The molecule has 0 fully saturated rings. The van der Waals surface area contributed by atoms with Crippen molar-refractivity contribution in [1.82, 2.24) is 9.36 Å². The van der Waals surface area contributed by atoms with Gasteiger partial charge in [-0.25, -0.2) is 18.2 Å². The highest BCUT2D eigenvalue weighted by Crippen LogP contribution is 2.28. The molecule has 0 atom stereocenters. The number of halogens is 1. The number of aromatic nitrogens is 2. The minimum atomic E-state index is -3.99. The summed E-state index contributed by atoms with van der Waals surface area (Å²) >= 11 is 3.73. The Kier molecular flexibility index (Phi) is 3.60. The fourth-order valence-corrected chi connectivity index (χ4v) is 3.89. The summed E-state index contributed by atoms with van der Waals surface area (Å²) in [7, 11) is -3.99. The lowest BCUT2D eigenvalue weighted by atomic mass is 10.5. The van der Waals surface area contributed by atoms with E-state index in [0.717, 1.165) is 17.6 Å². The van der Waals surface area contributed by atoms with Crippen LogP contribution in [0.1, 0.15) is 16.4 Å². The molecule has 2 aromatic heterocycles. The van der Waals surface area contributed by atoms with Gasteiger partial charge in [0, 0.05) is 17.6 Å². The standard InChI is InChI=1S/C8H6BrN3O5S2/c1-3-10-8(18-11-3)12-19(15,16)5-2-4(7(13)14)17-6(5)9/h2H,1H3,(H,13,14)(H,10,11,12). The van der Waals surface area contributed by atoms with Crippen molar-refractivity contribution in [3.63, 3.8) is 0 Å². The fourth-order valence-electron chi connectivity index (χ4n) is 1.15. The van der Waals surface area contributed by atoms with Gasteiger partial charge in [-0.3, -0.25) is 4.72 Å². The molecule has 0 bridgehead atoms. The quantitative estimate of drug-likeness (QED) is 0.842. The Morgan fingerprint density at radius 1 is 1.58 bits per heavy atom. The topological polar surface area (TPSA) is 122 Å². The van der Waals surface area contributed by atoms with E-state index >= 15 is 0 Å². The summed E-state index contributed by atoms with van der Waals surface area (Å²) in [5.74, 6) is -1.42. The van der Waals surface area contributed by atoms with Crippen LogP contribution in [-0.2, 0) is 10.0 Å². The van der Waals surface area contributed by atoms with Gasteiger partial charge in [0.1, 0.15) is 10.7 Å². The predicted octanol–water partition coefficient (Wildman–Crippen LogP) is 1.70. The molecule has 0 aromatic carbocycles. The zero-order valence-corrected chi connectivity index (χ0v) is 12.5. The first-order valence-corrected chi connectivity index (χ1v) is 7.70. The van der Waals surface area contributed by atoms with Crippen LogP contribution in [-0.4, -0.2) is 28.9 Å². The Hall–Kier alpha value is -1.46. The number of furan rings is 1. The number of nitrogens with one attached hydrogen (secondary N) is 1. The number of hydrogen-bond acceptors (Lipinski definition) is 7. The van der Waals surface area contributed by atoms with Crippen LogP contribution in [0.15, 0.2) is 20.0 Å². The zero-order chi connectivity index (χ0) is 14.2. The van der Waals surface area contributed by atoms with Crippen molar-refractivity contribution >= 4 is 48.6 Å². The molecule has 0 radical (unpaired) electrons. The van der Waals surface area contributed by atoms with Gasteiger partial charge in [0.15, 0.2) is 4.67 Å². The molecule has 0 spiro atoms. The van der Waals surface area contributed by atoms with E-state index in [0.29, 0.717) is 5.82 Å². The summed E-state index contributed by atoms with van der Waals surface area (Å²) in [6, 6.07) is 0.905. The number of anilines is 1. The average molecular weight is 368 g/mol. The second kappa shape index (κ2) is 4.90. The molecule has 102 valence electrons. The molecule has 0 amide bonds. The molecule has 0 saturated heterocycles. The lowest BCUT2D eigenvalue weighted by Crippen LogP contribution is -2.12. The smallest absolute Gasteiger partial charge is 0.371 e. The second-order valence-electron chi connectivity index (χ2n) is 3.31. The van der Waals surface area contributed by atoms with Gasteiger partial charge in [-0.15, -0.1) is 0 Å². The predicted molar refractivity (Wildman–Crippen MR) is 68.8 cm³/mol. The molecular formula is C8H6BrN3O5S2. The van der Waals surface area contributed by atoms with Crippen LogP contribution >= 0.6 is 27.5 Å². The third kappa shape index (κ3) is 2.93. The van der Waals surface area contributed by atoms with Crippen LogP contribution in [0.4, 0.5) is 5.13 Å². The third-order valence-corrected chi connectivity index (χ3v) is 4.95. The number of aryl methyl sites for hydroxylation is 1. The maximum Gasteiger partial charge on any atom is 0.371 e. The second-order valence-corrected chi connectivity index (χ2v) is 6.43. The van der Waals surface area contributed by atoms with Crippen LogP contribution in [0, 0.1) is 6.92 Å². The average Bonchev–Trinajstić information content (AvgIpc) is 2.85. The number of nitrogens with zero attached hydrogens (tertiary/aromatic N) is 2. The van der Waals surface area contributed by atoms with Gasteiger partial charge in [0.2, 0.25) is 10.9 Å². The number of sulfonamides is 1. The van der Waals surface area contributed by atoms with Gasteiger partial charge < -0.3 is 9.52 Å². The number of rotatable bonds is 4. The Balaban J connectivity index is 2.37. The van der Waals surface area contributed by atoms with E-state index in [2.05, 4.69) is 30.0 Å². The monoisotopic (exact) mass is 367 g/mol. The molecule has 2 rings (SSSR count). The van der Waals surface area contributed by atoms with E-state index in [1.807, 2.05) is 0 Å². The largest absolute Gasteiger partial charge is 0.475 e. The van der Waals surface area contributed by atoms with Crippen LogP contribution in [0.5, 0.6) is 0 Å². The molecule has 8 nitrogen and oxygen atoms in total. The number of aromatic carboxylic acids is 1. The van der Waals surface area contributed by atoms with E-state index in [4.69, 9.17) is 9.52 Å². The number of carboxylic acids is 1. The summed E-state index contributed by atoms with van der Waals surface area (Å²) in [5.41, 5.74) is 0. The molecule has 0 saturated carbocycles. The molecule has 2 N–H and O–H groups in total. The number of carboxylic acid groups (broad SMARTS) is 1. The van der Waals surface area contributed by atoms with Crippen molar-refractivity contribution in [2.75, 3.05) is 4.72 Å². The van der Waals surface area contributed by atoms with Crippen LogP contribution in [0.25, 0.3) is 0 Å². The van der Waals surface area contributed by atoms with Crippen molar-refractivity contribution < 1.29 is 22.7 Å². The summed E-state index contributed by atoms with van der Waals surface area (Å²) < 4.78 is 34.6. The summed E-state index contributed by atoms with van der Waals surface area (Å²) in [4.78, 5) is 14.2. The molecule has 2 heterocycles. The molecule has 2 aromatic rings. The summed E-state index contributed by atoms with van der Waals surface area (Å²) in [6.45, 7) is 1.62. The maximum absolute atomic E-state index is 12.0. The van der Waals surface area contributed by atoms with Crippen molar-refractivity contribution in [3.05, 3.63) is 22.3 Å². The zero-order valence-electron chi connectivity index (χ0n) is 9.25. The van der Waals surface area contributed by atoms with E-state index < -0.39 is 21.8 Å². The van der Waals surface area contributed by atoms with Crippen LogP contribution in [0.2, 0.25) is 0 Å². The molecule has 19 heavy (non-hydrogen) atoms. The Morgan fingerprint density at radius 2 is 2.26 bits per heavy atom. The molecule has 0 unspecified atom stereocenters.